The maximum Gasteiger partial charge on any atom is 2.00 e. The van der Waals surface area contributed by atoms with Gasteiger partial charge < -0.3 is 13.9 Å². The van der Waals surface area contributed by atoms with Gasteiger partial charge in [-0.1, -0.05) is 70.5 Å². The maximum absolute atomic E-state index is 6.58. The van der Waals surface area contributed by atoms with Crippen molar-refractivity contribution in [3.63, 3.8) is 0 Å². The Morgan fingerprint density at radius 1 is 0.621 bits per heavy atom. The van der Waals surface area contributed by atoms with E-state index in [-0.39, 0.29) is 21.1 Å². The molecule has 9 rings (SSSR count). The van der Waals surface area contributed by atoms with Gasteiger partial charge in [-0.15, -0.1) is 35.7 Å². The molecule has 0 aliphatic heterocycles. The van der Waals surface area contributed by atoms with Crippen molar-refractivity contribution in [3.05, 3.63) is 148 Å². The first kappa shape index (κ1) is 39.4. The van der Waals surface area contributed by atoms with Crippen molar-refractivity contribution in [1.29, 1.82) is 0 Å². The number of para-hydroxylation sites is 1. The summed E-state index contributed by atoms with van der Waals surface area (Å²) in [6, 6.07) is 35.6. The minimum Gasteiger partial charge on any atom is -0.509 e. The Morgan fingerprint density at radius 2 is 1.28 bits per heavy atom. The van der Waals surface area contributed by atoms with Crippen molar-refractivity contribution >= 4 is 43.6 Å². The number of ether oxygens (including phenoxy) is 1. The van der Waals surface area contributed by atoms with E-state index in [1.807, 2.05) is 29.9 Å². The monoisotopic (exact) mass is 942 g/mol. The second-order valence-corrected chi connectivity index (χ2v) is 16.6. The molecule has 0 fully saturated rings. The normalized spacial score (nSPS) is 11.9. The number of fused-ring (bicyclic) bond motifs is 6. The molecule has 0 spiro atoms. The van der Waals surface area contributed by atoms with E-state index in [4.69, 9.17) is 14.8 Å². The summed E-state index contributed by atoms with van der Waals surface area (Å²) in [4.78, 5) is 5.22. The minimum absolute atomic E-state index is 0. The van der Waals surface area contributed by atoms with Gasteiger partial charge >= 0.3 is 21.1 Å². The summed E-state index contributed by atoms with van der Waals surface area (Å²) in [7, 11) is 0. The molecule has 4 aromatic heterocycles. The van der Waals surface area contributed by atoms with Crippen LogP contribution in [0.15, 0.2) is 85.1 Å². The van der Waals surface area contributed by atoms with Gasteiger partial charge in [-0.2, -0.15) is 16.7 Å². The molecule has 0 saturated heterocycles. The zero-order valence-corrected chi connectivity index (χ0v) is 37.5. The molecule has 0 amide bonds. The Bertz CT molecular complexity index is 3010. The average Bonchev–Trinajstić information content (AvgIpc) is 3.80. The minimum atomic E-state index is 0. The zero-order chi connectivity index (χ0) is 40.0. The van der Waals surface area contributed by atoms with Gasteiger partial charge in [-0.3, -0.25) is 4.68 Å². The van der Waals surface area contributed by atoms with Crippen molar-refractivity contribution < 1.29 is 25.8 Å². The van der Waals surface area contributed by atoms with Crippen LogP contribution < -0.4 is 4.74 Å². The second-order valence-electron chi connectivity index (χ2n) is 16.6. The summed E-state index contributed by atoms with van der Waals surface area (Å²) < 4.78 is 13.3. The number of hydrogen-bond acceptors (Lipinski definition) is 3. The second kappa shape index (κ2) is 14.7. The van der Waals surface area contributed by atoms with Gasteiger partial charge in [0.25, 0.3) is 0 Å². The molecule has 7 heteroatoms. The number of nitrogens with zero attached hydrogens (tertiary/aromatic N) is 5. The van der Waals surface area contributed by atoms with E-state index in [1.54, 1.807) is 0 Å². The van der Waals surface area contributed by atoms with Crippen LogP contribution in [0.3, 0.4) is 0 Å². The van der Waals surface area contributed by atoms with Gasteiger partial charge in [0.15, 0.2) is 0 Å². The van der Waals surface area contributed by atoms with Crippen LogP contribution in [-0.4, -0.2) is 23.9 Å². The first-order valence-electron chi connectivity index (χ1n) is 20.1. The van der Waals surface area contributed by atoms with Crippen LogP contribution in [0.1, 0.15) is 89.9 Å². The molecule has 0 aliphatic carbocycles. The third-order valence-electron chi connectivity index (χ3n) is 11.6. The van der Waals surface area contributed by atoms with E-state index in [1.165, 1.54) is 44.1 Å². The van der Waals surface area contributed by atoms with Crippen molar-refractivity contribution in [1.82, 2.24) is 23.9 Å². The van der Waals surface area contributed by atoms with E-state index < -0.39 is 0 Å². The van der Waals surface area contributed by atoms with Crippen LogP contribution >= 0.6 is 0 Å². The molecular weight excluding hydrogens is 894 g/mol. The molecule has 0 aliphatic rings. The maximum atomic E-state index is 6.58. The fourth-order valence-electron chi connectivity index (χ4n) is 8.88. The van der Waals surface area contributed by atoms with Gasteiger partial charge in [-0.05, 0) is 117 Å². The standard InChI is InChI=1S/C51H49N5O.Pt/c1-28(2)37-20-31(6)49-44(23-37)45-24-38(29(3)4)21-32(7)50(45)55(49)48-33(8)27-52-51(36(48)11)54-46-15-13-12-14-42(46)43-17-16-40(26-47(43)54)57-41-19-30(5)18-39(25-41)56-35(10)22-34(9)53-56;/h12-24,27-29H,1-11H3;/q-2;+2. The van der Waals surface area contributed by atoms with Crippen molar-refractivity contribution in [2.75, 3.05) is 0 Å². The smallest absolute Gasteiger partial charge is 0.509 e. The SMILES string of the molecule is Cc1cc(Oc2[c-]c3c(cc2)c2ccccc2n3-c2ncc(C)c(-n3c4c(C)cc(C(C)C)cc4c4cc(C(C)C)cc(C)c43)c2C)[c-]c(-n2nc(C)cc2C)c1.[Pt+2]. The summed E-state index contributed by atoms with van der Waals surface area (Å²) in [5.41, 5.74) is 17.0. The number of rotatable bonds is 7. The van der Waals surface area contributed by atoms with Crippen molar-refractivity contribution in [2.45, 2.75) is 88.0 Å². The molecular formula is C51H49N5OPt. The Hall–Kier alpha value is -5.45. The van der Waals surface area contributed by atoms with Crippen molar-refractivity contribution in [3.8, 4) is 28.7 Å². The predicted molar refractivity (Wildman–Crippen MR) is 236 cm³/mol. The van der Waals surface area contributed by atoms with Crippen LogP contribution in [-0.2, 0) is 21.1 Å². The Balaban J connectivity index is 0.00000469. The van der Waals surface area contributed by atoms with E-state index in [2.05, 4.69) is 157 Å². The molecule has 0 atom stereocenters. The predicted octanol–water partition coefficient (Wildman–Crippen LogP) is 13.3. The summed E-state index contributed by atoms with van der Waals surface area (Å²) in [5, 5.41) is 9.52. The topological polar surface area (TPSA) is 49.8 Å². The third-order valence-corrected chi connectivity index (χ3v) is 11.6. The summed E-state index contributed by atoms with van der Waals surface area (Å²) in [6.07, 6.45) is 2.04. The number of pyridine rings is 1. The number of hydrogen-bond donors (Lipinski definition) is 0. The molecule has 0 saturated carbocycles. The van der Waals surface area contributed by atoms with E-state index in [0.29, 0.717) is 23.3 Å². The molecule has 0 unspecified atom stereocenters. The van der Waals surface area contributed by atoms with Gasteiger partial charge in [0.2, 0.25) is 0 Å². The van der Waals surface area contributed by atoms with E-state index in [0.717, 1.165) is 67.1 Å². The van der Waals surface area contributed by atoms with Crippen molar-refractivity contribution in [2.24, 2.45) is 0 Å². The fourth-order valence-corrected chi connectivity index (χ4v) is 8.88. The molecule has 4 heterocycles. The third kappa shape index (κ3) is 6.37. The Labute approximate surface area is 355 Å². The first-order chi connectivity index (χ1) is 27.3. The van der Waals surface area contributed by atoms with E-state index >= 15 is 0 Å². The quantitative estimate of drug-likeness (QED) is 0.150. The first-order valence-corrected chi connectivity index (χ1v) is 20.1. The summed E-state index contributed by atoms with van der Waals surface area (Å²) >= 11 is 0. The van der Waals surface area contributed by atoms with Gasteiger partial charge in [0, 0.05) is 45.2 Å². The molecule has 5 aromatic carbocycles. The molecule has 0 N–H and O–H groups in total. The molecule has 9 aromatic rings. The molecule has 294 valence electrons. The molecule has 0 radical (unpaired) electrons. The molecule has 58 heavy (non-hydrogen) atoms. The molecule has 6 nitrogen and oxygen atoms in total. The summed E-state index contributed by atoms with van der Waals surface area (Å²) in [5.74, 6) is 2.93. The Kier molecular flexibility index (Phi) is 10.0. The Morgan fingerprint density at radius 3 is 1.90 bits per heavy atom. The average molecular weight is 943 g/mol. The zero-order valence-electron chi connectivity index (χ0n) is 35.2. The van der Waals surface area contributed by atoms with Crippen LogP contribution in [0.25, 0.3) is 60.8 Å². The van der Waals surface area contributed by atoms with Crippen LogP contribution in [0.5, 0.6) is 11.5 Å². The van der Waals surface area contributed by atoms with Gasteiger partial charge in [-0.25, -0.2) is 4.98 Å². The van der Waals surface area contributed by atoms with Crippen LogP contribution in [0, 0.1) is 60.6 Å². The summed E-state index contributed by atoms with van der Waals surface area (Å²) in [6.45, 7) is 24.2. The van der Waals surface area contributed by atoms with Crippen LogP contribution in [0.2, 0.25) is 0 Å². The van der Waals surface area contributed by atoms with Gasteiger partial charge in [0.1, 0.15) is 5.82 Å². The fraction of sp³-hybridized carbons (Fsp3) is 0.255. The van der Waals surface area contributed by atoms with Crippen LogP contribution in [0.4, 0.5) is 0 Å². The number of aryl methyl sites for hydroxylation is 6. The number of benzene rings is 5. The van der Waals surface area contributed by atoms with E-state index in [9.17, 15) is 0 Å². The largest absolute Gasteiger partial charge is 2.00 e. The molecule has 0 bridgehead atoms. The number of aromatic nitrogens is 5. The van der Waals surface area contributed by atoms with Gasteiger partial charge in [0.05, 0.1) is 22.4 Å².